The molecule has 0 bridgehead atoms. The Labute approximate surface area is 210 Å². The maximum atomic E-state index is 13.4. The predicted molar refractivity (Wildman–Crippen MR) is 140 cm³/mol. The van der Waals surface area contributed by atoms with Gasteiger partial charge in [-0.3, -0.25) is 9.89 Å². The molecule has 36 heavy (non-hydrogen) atoms. The molecule has 1 aromatic rings. The normalized spacial score (nSPS) is 24.4. The Morgan fingerprint density at radius 2 is 2.08 bits per heavy atom. The second-order valence-corrected chi connectivity index (χ2v) is 9.74. The van der Waals surface area contributed by atoms with E-state index in [-0.39, 0.29) is 18.4 Å². The third-order valence-electron chi connectivity index (χ3n) is 7.34. The fourth-order valence-electron chi connectivity index (χ4n) is 5.36. The maximum Gasteiger partial charge on any atom is 0.412 e. The number of anilines is 1. The summed E-state index contributed by atoms with van der Waals surface area (Å²) in [5.74, 6) is 0.488. The van der Waals surface area contributed by atoms with Crippen LogP contribution in [-0.2, 0) is 0 Å². The second kappa shape index (κ2) is 9.97. The van der Waals surface area contributed by atoms with E-state index in [1.807, 2.05) is 30.6 Å². The quantitative estimate of drug-likeness (QED) is 0.498. The summed E-state index contributed by atoms with van der Waals surface area (Å²) in [5.41, 5.74) is 4.80. The summed E-state index contributed by atoms with van der Waals surface area (Å²) >= 11 is 0. The van der Waals surface area contributed by atoms with E-state index in [2.05, 4.69) is 58.0 Å². The number of fused-ring (bicyclic) bond motifs is 1. The molecule has 2 atom stereocenters. The van der Waals surface area contributed by atoms with Crippen LogP contribution in [0.15, 0.2) is 95.1 Å². The van der Waals surface area contributed by atoms with Gasteiger partial charge < -0.3 is 10.2 Å². The van der Waals surface area contributed by atoms with Gasteiger partial charge >= 0.3 is 6.18 Å². The number of benzene rings is 1. The highest BCUT2D eigenvalue weighted by Crippen LogP contribution is 2.39. The number of hydrogen-bond donors (Lipinski definition) is 1. The van der Waals surface area contributed by atoms with Gasteiger partial charge in [0.1, 0.15) is 5.82 Å². The molecule has 5 rings (SSSR count). The highest BCUT2D eigenvalue weighted by atomic mass is 19.4. The Kier molecular flexibility index (Phi) is 6.75. The predicted octanol–water partition coefficient (Wildman–Crippen LogP) is 6.67. The number of nitrogens with one attached hydrogen (secondary N) is 1. The van der Waals surface area contributed by atoms with Crippen LogP contribution in [0.1, 0.15) is 31.2 Å². The van der Waals surface area contributed by atoms with Crippen LogP contribution in [0.3, 0.4) is 0 Å². The lowest BCUT2D eigenvalue weighted by atomic mass is 9.83. The standard InChI is InChI=1S/C29H31F3N4/c1-20(34-26-9-4-7-22(17-26)24-12-13-33-19-24)36-15-5-14-35(2)27-11-10-23(18-28(27)36)21-6-3-8-25(16-21)29(30,31)32/h3-4,6-10,13,17-19,21,27,34H,1,5,11-12,14-16H2,2H3. The van der Waals surface area contributed by atoms with Gasteiger partial charge in [-0.05, 0) is 61.2 Å². The van der Waals surface area contributed by atoms with Crippen LogP contribution in [0.25, 0.3) is 5.57 Å². The van der Waals surface area contributed by atoms with E-state index < -0.39 is 11.7 Å². The molecule has 0 aromatic heterocycles. The SMILES string of the molecule is C=C(Nc1cccc(C2=CN=CC2)c1)N1CCCN(C)C2CC=C(C3C=CC=C(C(F)(F)F)C3)C=C21. The molecule has 0 saturated carbocycles. The first kappa shape index (κ1) is 24.4. The molecule has 188 valence electrons. The molecule has 4 nitrogen and oxygen atoms in total. The summed E-state index contributed by atoms with van der Waals surface area (Å²) in [6, 6.07) is 8.38. The minimum Gasteiger partial charge on any atom is -0.342 e. The fourth-order valence-corrected chi connectivity index (χ4v) is 5.36. The average molecular weight is 493 g/mol. The monoisotopic (exact) mass is 492 g/mol. The van der Waals surface area contributed by atoms with Crippen LogP contribution in [0, 0.1) is 5.92 Å². The molecular weight excluding hydrogens is 461 g/mol. The van der Waals surface area contributed by atoms with Gasteiger partial charge in [0.05, 0.1) is 6.04 Å². The van der Waals surface area contributed by atoms with Gasteiger partial charge in [-0.15, -0.1) is 0 Å². The number of allylic oxidation sites excluding steroid dienone is 7. The molecule has 1 saturated heterocycles. The Hall–Kier alpha value is -3.32. The first-order valence-electron chi connectivity index (χ1n) is 12.4. The minimum absolute atomic E-state index is 0.0261. The number of halogens is 3. The van der Waals surface area contributed by atoms with Crippen LogP contribution in [0.2, 0.25) is 0 Å². The fraction of sp³-hybridized carbons (Fsp3) is 0.345. The van der Waals surface area contributed by atoms with Gasteiger partial charge in [0.15, 0.2) is 0 Å². The highest BCUT2D eigenvalue weighted by Gasteiger charge is 2.37. The van der Waals surface area contributed by atoms with Crippen LogP contribution in [0.5, 0.6) is 0 Å². The number of alkyl halides is 3. The van der Waals surface area contributed by atoms with Gasteiger partial charge in [0, 0.05) is 54.8 Å². The van der Waals surface area contributed by atoms with Gasteiger partial charge in [0.2, 0.25) is 0 Å². The summed E-state index contributed by atoms with van der Waals surface area (Å²) in [5, 5.41) is 3.49. The van der Waals surface area contributed by atoms with Crippen LogP contribution >= 0.6 is 0 Å². The van der Waals surface area contributed by atoms with Crippen molar-refractivity contribution in [1.29, 1.82) is 0 Å². The topological polar surface area (TPSA) is 30.9 Å². The Balaban J connectivity index is 1.38. The third-order valence-corrected chi connectivity index (χ3v) is 7.34. The van der Waals surface area contributed by atoms with Crippen molar-refractivity contribution in [2.75, 3.05) is 25.5 Å². The van der Waals surface area contributed by atoms with Crippen molar-refractivity contribution in [3.63, 3.8) is 0 Å². The van der Waals surface area contributed by atoms with Gasteiger partial charge in [-0.25, -0.2) is 0 Å². The van der Waals surface area contributed by atoms with E-state index >= 15 is 0 Å². The molecule has 2 heterocycles. The van der Waals surface area contributed by atoms with Crippen molar-refractivity contribution in [1.82, 2.24) is 9.80 Å². The average Bonchev–Trinajstić information content (AvgIpc) is 3.35. The van der Waals surface area contributed by atoms with E-state index in [9.17, 15) is 13.2 Å². The minimum atomic E-state index is -4.30. The lowest BCUT2D eigenvalue weighted by molar-refractivity contribution is -0.0947. The maximum absolute atomic E-state index is 13.4. The van der Waals surface area contributed by atoms with Crippen molar-refractivity contribution < 1.29 is 13.2 Å². The van der Waals surface area contributed by atoms with Gasteiger partial charge in [0.25, 0.3) is 0 Å². The van der Waals surface area contributed by atoms with Gasteiger partial charge in [-0.1, -0.05) is 43.0 Å². The zero-order valence-corrected chi connectivity index (χ0v) is 20.4. The third kappa shape index (κ3) is 5.12. The number of nitrogens with zero attached hydrogens (tertiary/aromatic N) is 3. The Morgan fingerprint density at radius 3 is 2.86 bits per heavy atom. The van der Waals surface area contributed by atoms with E-state index in [0.717, 1.165) is 60.7 Å². The van der Waals surface area contributed by atoms with Crippen molar-refractivity contribution in [3.8, 4) is 0 Å². The van der Waals surface area contributed by atoms with Gasteiger partial charge in [-0.2, -0.15) is 13.2 Å². The molecule has 2 aliphatic carbocycles. The molecule has 0 radical (unpaired) electrons. The molecular formula is C29H31F3N4. The summed E-state index contributed by atoms with van der Waals surface area (Å²) in [4.78, 5) is 8.75. The van der Waals surface area contributed by atoms with E-state index in [1.165, 1.54) is 17.7 Å². The summed E-state index contributed by atoms with van der Waals surface area (Å²) in [6.45, 7) is 6.10. The highest BCUT2D eigenvalue weighted by molar-refractivity contribution is 5.85. The lowest BCUT2D eigenvalue weighted by Crippen LogP contribution is -2.39. The van der Waals surface area contributed by atoms with E-state index in [1.54, 1.807) is 0 Å². The summed E-state index contributed by atoms with van der Waals surface area (Å²) in [6.07, 6.45) is 10.8. The lowest BCUT2D eigenvalue weighted by Gasteiger charge is -2.37. The summed E-state index contributed by atoms with van der Waals surface area (Å²) in [7, 11) is 2.11. The van der Waals surface area contributed by atoms with E-state index in [0.29, 0.717) is 0 Å². The molecule has 7 heteroatoms. The molecule has 4 aliphatic rings. The molecule has 2 unspecified atom stereocenters. The number of rotatable bonds is 5. The Morgan fingerprint density at radius 1 is 1.22 bits per heavy atom. The van der Waals surface area contributed by atoms with Crippen LogP contribution < -0.4 is 5.32 Å². The second-order valence-electron chi connectivity index (χ2n) is 9.74. The van der Waals surface area contributed by atoms with Crippen LogP contribution in [0.4, 0.5) is 18.9 Å². The Bertz CT molecular complexity index is 1220. The van der Waals surface area contributed by atoms with Crippen molar-refractivity contribution in [2.24, 2.45) is 10.9 Å². The zero-order valence-electron chi connectivity index (χ0n) is 20.4. The van der Waals surface area contributed by atoms with Crippen molar-refractivity contribution in [2.45, 2.75) is 37.9 Å². The number of aliphatic imine (C=N–C) groups is 1. The number of hydrogen-bond acceptors (Lipinski definition) is 4. The molecule has 0 spiro atoms. The van der Waals surface area contributed by atoms with Crippen molar-refractivity contribution in [3.05, 3.63) is 95.7 Å². The largest absolute Gasteiger partial charge is 0.412 e. The number of likely N-dealkylation sites (N-methyl/N-ethyl adjacent to an activating group) is 1. The summed E-state index contributed by atoms with van der Waals surface area (Å²) < 4.78 is 40.1. The van der Waals surface area contributed by atoms with Crippen molar-refractivity contribution >= 4 is 17.5 Å². The zero-order chi connectivity index (χ0) is 25.3. The molecule has 2 aliphatic heterocycles. The first-order chi connectivity index (χ1) is 17.3. The van der Waals surface area contributed by atoms with Crippen LogP contribution in [-0.4, -0.2) is 48.4 Å². The van der Waals surface area contributed by atoms with E-state index in [4.69, 9.17) is 0 Å². The molecule has 0 amide bonds. The smallest absolute Gasteiger partial charge is 0.342 e. The molecule has 1 N–H and O–H groups in total. The first-order valence-corrected chi connectivity index (χ1v) is 12.4. The molecule has 1 fully saturated rings. The molecule has 1 aromatic carbocycles.